The van der Waals surface area contributed by atoms with Gasteiger partial charge in [0.25, 0.3) is 0 Å². The zero-order valence-corrected chi connectivity index (χ0v) is 27.5. The summed E-state index contributed by atoms with van der Waals surface area (Å²) in [5.74, 6) is 2.14. The number of esters is 2. The summed E-state index contributed by atoms with van der Waals surface area (Å²) in [5.41, 5.74) is 0.256. The molecule has 0 aromatic heterocycles. The molecule has 0 bridgehead atoms. The fourth-order valence-corrected chi connectivity index (χ4v) is 11.2. The summed E-state index contributed by atoms with van der Waals surface area (Å²) in [5, 5.41) is 0. The lowest BCUT2D eigenvalue weighted by Crippen LogP contribution is -2.60. The molecular formula is C35H61N2O4+. The van der Waals surface area contributed by atoms with Gasteiger partial charge >= 0.3 is 11.9 Å². The van der Waals surface area contributed by atoms with Crippen molar-refractivity contribution in [3.63, 3.8) is 0 Å². The van der Waals surface area contributed by atoms with Gasteiger partial charge in [-0.25, -0.2) is 0 Å². The highest BCUT2D eigenvalue weighted by Gasteiger charge is 2.65. The number of carbonyl (C=O) groups is 2. The minimum Gasteiger partial charge on any atom is -0.461 e. The lowest BCUT2D eigenvalue weighted by Gasteiger charge is -2.59. The number of hydrogen-bond acceptors (Lipinski definition) is 5. The van der Waals surface area contributed by atoms with E-state index in [9.17, 15) is 9.59 Å². The van der Waals surface area contributed by atoms with Gasteiger partial charge in [0.05, 0.1) is 20.1 Å². The van der Waals surface area contributed by atoms with Gasteiger partial charge < -0.3 is 14.0 Å². The lowest BCUT2D eigenvalue weighted by molar-refractivity contribution is -0.940. The Morgan fingerprint density at radius 3 is 2.12 bits per heavy atom. The van der Waals surface area contributed by atoms with Gasteiger partial charge in [0, 0.05) is 31.7 Å². The molecule has 0 aromatic rings. The Morgan fingerprint density at radius 2 is 1.51 bits per heavy atom. The van der Waals surface area contributed by atoms with Gasteiger partial charge in [-0.1, -0.05) is 40.5 Å². The first kappa shape index (κ1) is 31.3. The van der Waals surface area contributed by atoms with Crippen molar-refractivity contribution < 1.29 is 23.5 Å². The van der Waals surface area contributed by atoms with Gasteiger partial charge in [-0.2, -0.15) is 0 Å². The molecule has 5 fully saturated rings. The molecule has 2 saturated heterocycles. The molecule has 0 N–H and O–H groups in total. The third-order valence-electron chi connectivity index (χ3n) is 13.6. The maximum Gasteiger partial charge on any atom is 0.303 e. The molecule has 5 aliphatic rings. The summed E-state index contributed by atoms with van der Waals surface area (Å²) in [6.45, 7) is 17.9. The second-order valence-corrected chi connectivity index (χ2v) is 15.8. The van der Waals surface area contributed by atoms with Crippen molar-refractivity contribution >= 4 is 11.9 Å². The summed E-state index contributed by atoms with van der Waals surface area (Å²) >= 11 is 0. The van der Waals surface area contributed by atoms with Crippen LogP contribution in [0.3, 0.4) is 0 Å². The Kier molecular flexibility index (Phi) is 9.23. The molecule has 234 valence electrons. The number of fused-ring (bicyclic) bond motifs is 1. The van der Waals surface area contributed by atoms with Crippen LogP contribution in [0.15, 0.2) is 0 Å². The van der Waals surface area contributed by atoms with Crippen molar-refractivity contribution in [2.75, 3.05) is 33.2 Å². The number of nitrogens with zero attached hydrogens (tertiary/aromatic N) is 2. The Balaban J connectivity index is 1.45. The summed E-state index contributed by atoms with van der Waals surface area (Å²) in [4.78, 5) is 27.4. The Bertz CT molecular complexity index is 942. The van der Waals surface area contributed by atoms with Crippen LogP contribution in [0.2, 0.25) is 0 Å². The van der Waals surface area contributed by atoms with Gasteiger partial charge in [0.2, 0.25) is 0 Å². The van der Waals surface area contributed by atoms with Gasteiger partial charge in [0.1, 0.15) is 12.1 Å². The molecule has 0 radical (unpaired) electrons. The smallest absolute Gasteiger partial charge is 0.303 e. The van der Waals surface area contributed by atoms with Crippen LogP contribution in [0.5, 0.6) is 0 Å². The number of rotatable bonds is 6. The maximum absolute atomic E-state index is 12.5. The van der Waals surface area contributed by atoms with Crippen molar-refractivity contribution in [2.24, 2.45) is 34.5 Å². The van der Waals surface area contributed by atoms with E-state index in [0.717, 1.165) is 36.8 Å². The van der Waals surface area contributed by atoms with Crippen molar-refractivity contribution in [3.8, 4) is 0 Å². The monoisotopic (exact) mass is 573 g/mol. The molecule has 5 rings (SSSR count). The van der Waals surface area contributed by atoms with E-state index in [1.54, 1.807) is 13.8 Å². The molecule has 2 aliphatic heterocycles. The third-order valence-corrected chi connectivity index (χ3v) is 13.6. The molecule has 0 aromatic carbocycles. The Labute approximate surface area is 250 Å². The maximum atomic E-state index is 12.5. The zero-order valence-electron chi connectivity index (χ0n) is 27.5. The number of likely N-dealkylation sites (N-methyl/N-ethyl adjacent to an activating group) is 1. The third kappa shape index (κ3) is 5.75. The summed E-state index contributed by atoms with van der Waals surface area (Å²) in [6.07, 6.45) is 14.6. The number of ether oxygens (including phenoxy) is 2. The molecule has 6 heteroatoms. The van der Waals surface area contributed by atoms with E-state index in [-0.39, 0.29) is 35.0 Å². The number of likely N-dealkylation sites (tertiary alicyclic amines) is 2. The van der Waals surface area contributed by atoms with Crippen LogP contribution in [-0.4, -0.2) is 78.8 Å². The highest BCUT2D eigenvalue weighted by molar-refractivity contribution is 5.66. The van der Waals surface area contributed by atoms with Gasteiger partial charge in [-0.15, -0.1) is 0 Å². The van der Waals surface area contributed by atoms with E-state index in [0.29, 0.717) is 35.8 Å². The summed E-state index contributed by atoms with van der Waals surface area (Å²) < 4.78 is 13.5. The van der Waals surface area contributed by atoms with Crippen molar-refractivity contribution in [1.82, 2.24) is 4.90 Å². The highest BCUT2D eigenvalue weighted by atomic mass is 16.5. The van der Waals surface area contributed by atoms with Crippen molar-refractivity contribution in [1.29, 1.82) is 0 Å². The molecule has 10 atom stereocenters. The van der Waals surface area contributed by atoms with E-state index < -0.39 is 0 Å². The number of carbonyl (C=O) groups excluding carboxylic acids is 2. The van der Waals surface area contributed by atoms with Gasteiger partial charge in [-0.05, 0) is 100.0 Å². The normalized spacial score (nSPS) is 45.0. The Morgan fingerprint density at radius 1 is 0.878 bits per heavy atom. The van der Waals surface area contributed by atoms with E-state index in [1.807, 2.05) is 0 Å². The van der Waals surface area contributed by atoms with Crippen LogP contribution in [0.4, 0.5) is 0 Å². The van der Waals surface area contributed by atoms with E-state index >= 15 is 0 Å². The second kappa shape index (κ2) is 12.1. The summed E-state index contributed by atoms with van der Waals surface area (Å²) in [7, 11) is 2.46. The Hall–Kier alpha value is -1.14. The van der Waals surface area contributed by atoms with Crippen LogP contribution >= 0.6 is 0 Å². The van der Waals surface area contributed by atoms with E-state index in [2.05, 4.69) is 39.6 Å². The van der Waals surface area contributed by atoms with Crippen LogP contribution in [0, 0.1) is 34.5 Å². The second-order valence-electron chi connectivity index (χ2n) is 15.8. The first-order valence-corrected chi connectivity index (χ1v) is 17.4. The molecule has 0 amide bonds. The van der Waals surface area contributed by atoms with E-state index in [1.165, 1.54) is 70.9 Å². The number of quaternary nitrogens is 1. The fourth-order valence-electron chi connectivity index (χ4n) is 11.2. The molecule has 3 saturated carbocycles. The number of hydrogen-bond donors (Lipinski definition) is 0. The predicted octanol–water partition coefficient (Wildman–Crippen LogP) is 6.60. The quantitative estimate of drug-likeness (QED) is 0.265. The van der Waals surface area contributed by atoms with Crippen LogP contribution in [0.1, 0.15) is 119 Å². The van der Waals surface area contributed by atoms with E-state index in [4.69, 9.17) is 9.47 Å². The minimum atomic E-state index is -0.129. The average Bonchev–Trinajstić information content (AvgIpc) is 3.23. The molecule has 3 aliphatic carbocycles. The highest BCUT2D eigenvalue weighted by Crippen LogP contribution is 2.65. The molecule has 6 nitrogen and oxygen atoms in total. The van der Waals surface area contributed by atoms with Crippen LogP contribution in [-0.2, 0) is 19.1 Å². The number of piperidine rings is 2. The van der Waals surface area contributed by atoms with Crippen LogP contribution in [0.25, 0.3) is 0 Å². The topological polar surface area (TPSA) is 55.8 Å². The zero-order chi connectivity index (χ0) is 29.6. The average molecular weight is 574 g/mol. The SMILES string of the molecule is CCC1C(C2(C)CC(N3CCCCC3)C(OC(C)=O)CC2C)CCC2(C)C1CC([N+]1(C)CCCCC1)C2OC(C)=O. The predicted molar refractivity (Wildman–Crippen MR) is 163 cm³/mol. The molecule has 41 heavy (non-hydrogen) atoms. The molecule has 0 spiro atoms. The van der Waals surface area contributed by atoms with Crippen molar-refractivity contribution in [3.05, 3.63) is 0 Å². The first-order valence-electron chi connectivity index (χ1n) is 17.4. The standard InChI is InChI=1S/C35H61N2O4/c1-8-27-28(35(6)23-30(36-17-11-9-12-18-36)32(21-24(35)2)40-25(3)38)15-16-34(5)29(27)22-31(33(34)41-26(4)39)37(7)19-13-10-14-20-37/h24,27-33H,8-23H2,1-7H3/q+1. The summed E-state index contributed by atoms with van der Waals surface area (Å²) in [6, 6.07) is 0.738. The van der Waals surface area contributed by atoms with Crippen LogP contribution < -0.4 is 0 Å². The largest absolute Gasteiger partial charge is 0.461 e. The first-order chi connectivity index (χ1) is 19.4. The molecular weight excluding hydrogens is 512 g/mol. The molecule has 10 unspecified atom stereocenters. The minimum absolute atomic E-state index is 0.00960. The van der Waals surface area contributed by atoms with Gasteiger partial charge in [0.15, 0.2) is 6.10 Å². The lowest BCUT2D eigenvalue weighted by atomic mass is 9.48. The molecule has 2 heterocycles. The van der Waals surface area contributed by atoms with Gasteiger partial charge in [-0.3, -0.25) is 14.5 Å². The van der Waals surface area contributed by atoms with Crippen molar-refractivity contribution in [2.45, 2.75) is 143 Å². The fraction of sp³-hybridized carbons (Fsp3) is 0.943.